The molecular weight excluding hydrogens is 192 g/mol. The molecule has 2 nitrogen and oxygen atoms in total. The summed E-state index contributed by atoms with van der Waals surface area (Å²) in [6.07, 6.45) is 5.19. The molecule has 0 amide bonds. The Morgan fingerprint density at radius 1 is 1.29 bits per heavy atom. The molecule has 0 aliphatic heterocycles. The first kappa shape index (κ1) is 12.6. The molecule has 0 aliphatic rings. The smallest absolute Gasteiger partial charge is 0.120 e. The van der Waals surface area contributed by atoms with Crippen LogP contribution >= 0.6 is 11.7 Å². The van der Waals surface area contributed by atoms with Crippen LogP contribution < -0.4 is 0 Å². The van der Waals surface area contributed by atoms with Crippen molar-refractivity contribution >= 4 is 22.9 Å². The molecule has 1 aromatic rings. The summed E-state index contributed by atoms with van der Waals surface area (Å²) >= 11 is 1.12. The van der Waals surface area contributed by atoms with Gasteiger partial charge in [-0.05, 0) is 12.5 Å². The fraction of sp³-hybridized carbons (Fsp3) is 0.273. The average Bonchev–Trinajstić information content (AvgIpc) is 2.68. The summed E-state index contributed by atoms with van der Waals surface area (Å²) in [5.74, 6) is 2.43. The maximum absolute atomic E-state index is 5.19. The van der Waals surface area contributed by atoms with Gasteiger partial charge in [0.2, 0.25) is 0 Å². The summed E-state index contributed by atoms with van der Waals surface area (Å²) in [6.45, 7) is 13.3. The van der Waals surface area contributed by atoms with Gasteiger partial charge in [-0.3, -0.25) is 0 Å². The van der Waals surface area contributed by atoms with E-state index in [0.29, 0.717) is 11.3 Å². The largest absolute Gasteiger partial charge is 0.173 e. The predicted octanol–water partition coefficient (Wildman–Crippen LogP) is 3.24. The lowest BCUT2D eigenvalue weighted by molar-refractivity contribution is 1.38. The number of nitrogens with zero attached hydrogens (tertiary/aromatic N) is 2. The lowest BCUT2D eigenvalue weighted by atomic mass is 10.1. The number of aromatic nitrogens is 2. The Kier molecular flexibility index (Phi) is 5.50. The molecule has 3 heteroatoms. The van der Waals surface area contributed by atoms with E-state index in [1.165, 1.54) is 0 Å². The number of terminal acetylenes is 1. The molecule has 1 heterocycles. The second-order valence-electron chi connectivity index (χ2n) is 2.36. The molecule has 0 aliphatic carbocycles. The molecule has 74 valence electrons. The van der Waals surface area contributed by atoms with E-state index in [4.69, 9.17) is 6.42 Å². The van der Waals surface area contributed by atoms with Gasteiger partial charge in [0, 0.05) is 5.57 Å². The van der Waals surface area contributed by atoms with E-state index in [2.05, 4.69) is 27.8 Å². The third-order valence-corrected chi connectivity index (χ3v) is 1.88. The van der Waals surface area contributed by atoms with Crippen LogP contribution in [-0.4, -0.2) is 8.75 Å². The standard InChI is InChI=1S/C9H8N2S.C2H6/c1-5-7(4)9-8(6(2)3)10-12-11-9;1-2/h1H,2,4H2,3H3;1-2H3. The summed E-state index contributed by atoms with van der Waals surface area (Å²) in [5.41, 5.74) is 2.84. The van der Waals surface area contributed by atoms with Crippen LogP contribution in [-0.2, 0) is 0 Å². The van der Waals surface area contributed by atoms with Crippen LogP contribution in [0.25, 0.3) is 11.1 Å². The molecule has 0 N–H and O–H groups in total. The number of rotatable bonds is 2. The predicted molar refractivity (Wildman–Crippen MR) is 63.8 cm³/mol. The third-order valence-electron chi connectivity index (χ3n) is 1.35. The Hall–Kier alpha value is -1.40. The summed E-state index contributed by atoms with van der Waals surface area (Å²) < 4.78 is 8.10. The van der Waals surface area contributed by atoms with E-state index in [9.17, 15) is 0 Å². The van der Waals surface area contributed by atoms with Gasteiger partial charge in [-0.1, -0.05) is 32.9 Å². The maximum Gasteiger partial charge on any atom is 0.120 e. The number of hydrogen-bond donors (Lipinski definition) is 0. The molecule has 0 fully saturated rings. The zero-order chi connectivity index (χ0) is 11.1. The first-order chi connectivity index (χ1) is 6.66. The van der Waals surface area contributed by atoms with Gasteiger partial charge in [0.05, 0.1) is 11.7 Å². The van der Waals surface area contributed by atoms with Crippen molar-refractivity contribution in [1.29, 1.82) is 0 Å². The van der Waals surface area contributed by atoms with Gasteiger partial charge < -0.3 is 0 Å². The molecule has 0 bridgehead atoms. The van der Waals surface area contributed by atoms with Crippen molar-refractivity contribution < 1.29 is 0 Å². The van der Waals surface area contributed by atoms with Gasteiger partial charge in [-0.2, -0.15) is 8.75 Å². The summed E-state index contributed by atoms with van der Waals surface area (Å²) in [4.78, 5) is 0. The Bertz CT molecular complexity index is 369. The third kappa shape index (κ3) is 2.82. The molecule has 0 saturated heterocycles. The van der Waals surface area contributed by atoms with E-state index in [1.54, 1.807) is 0 Å². The van der Waals surface area contributed by atoms with Gasteiger partial charge in [0.1, 0.15) is 11.4 Å². The van der Waals surface area contributed by atoms with E-state index >= 15 is 0 Å². The van der Waals surface area contributed by atoms with Crippen molar-refractivity contribution in [3.05, 3.63) is 24.5 Å². The number of allylic oxidation sites excluding steroid dienone is 2. The zero-order valence-electron chi connectivity index (χ0n) is 8.79. The van der Waals surface area contributed by atoms with Crippen LogP contribution in [0.3, 0.4) is 0 Å². The Labute approximate surface area is 89.7 Å². The highest BCUT2D eigenvalue weighted by molar-refractivity contribution is 6.99. The van der Waals surface area contributed by atoms with E-state index < -0.39 is 0 Å². The first-order valence-corrected chi connectivity index (χ1v) is 5.04. The van der Waals surface area contributed by atoms with Crippen molar-refractivity contribution in [2.24, 2.45) is 0 Å². The van der Waals surface area contributed by atoms with Crippen LogP contribution in [0.5, 0.6) is 0 Å². The van der Waals surface area contributed by atoms with Crippen molar-refractivity contribution in [3.8, 4) is 12.3 Å². The van der Waals surface area contributed by atoms with E-state index in [0.717, 1.165) is 23.0 Å². The normalized spacial score (nSPS) is 8.14. The van der Waals surface area contributed by atoms with Crippen molar-refractivity contribution in [2.45, 2.75) is 20.8 Å². The van der Waals surface area contributed by atoms with E-state index in [1.807, 2.05) is 20.8 Å². The van der Waals surface area contributed by atoms with Crippen LogP contribution in [0.4, 0.5) is 0 Å². The van der Waals surface area contributed by atoms with Crippen LogP contribution in [0.2, 0.25) is 0 Å². The highest BCUT2D eigenvalue weighted by Crippen LogP contribution is 2.20. The maximum atomic E-state index is 5.19. The van der Waals surface area contributed by atoms with Gasteiger partial charge in [0.25, 0.3) is 0 Å². The van der Waals surface area contributed by atoms with Gasteiger partial charge in [-0.25, -0.2) is 0 Å². The molecule has 14 heavy (non-hydrogen) atoms. The van der Waals surface area contributed by atoms with E-state index in [-0.39, 0.29) is 0 Å². The summed E-state index contributed by atoms with van der Waals surface area (Å²) in [6, 6.07) is 0. The average molecular weight is 206 g/mol. The van der Waals surface area contributed by atoms with Gasteiger partial charge in [0.15, 0.2) is 0 Å². The molecule has 0 atom stereocenters. The molecule has 0 spiro atoms. The lowest BCUT2D eigenvalue weighted by Crippen LogP contribution is -1.86. The zero-order valence-corrected chi connectivity index (χ0v) is 9.61. The minimum Gasteiger partial charge on any atom is -0.173 e. The van der Waals surface area contributed by atoms with Gasteiger partial charge in [-0.15, -0.1) is 6.42 Å². The van der Waals surface area contributed by atoms with Crippen LogP contribution in [0.1, 0.15) is 32.2 Å². The molecule has 0 radical (unpaired) electrons. The molecular formula is C11H14N2S. The molecule has 1 rings (SSSR count). The quantitative estimate of drug-likeness (QED) is 0.694. The van der Waals surface area contributed by atoms with Crippen molar-refractivity contribution in [3.63, 3.8) is 0 Å². The highest BCUT2D eigenvalue weighted by Gasteiger charge is 2.09. The SMILES string of the molecule is C#CC(=C)c1nsnc1C(=C)C.CC. The van der Waals surface area contributed by atoms with Crippen molar-refractivity contribution in [2.75, 3.05) is 0 Å². The second-order valence-corrected chi connectivity index (χ2v) is 2.89. The molecule has 0 aromatic carbocycles. The Morgan fingerprint density at radius 2 is 1.79 bits per heavy atom. The van der Waals surface area contributed by atoms with Crippen molar-refractivity contribution in [1.82, 2.24) is 8.75 Å². The molecule has 1 aromatic heterocycles. The van der Waals surface area contributed by atoms with Crippen LogP contribution in [0.15, 0.2) is 13.2 Å². The summed E-state index contributed by atoms with van der Waals surface area (Å²) in [7, 11) is 0. The Morgan fingerprint density at radius 3 is 2.21 bits per heavy atom. The first-order valence-electron chi connectivity index (χ1n) is 4.31. The lowest BCUT2D eigenvalue weighted by Gasteiger charge is -1.95. The van der Waals surface area contributed by atoms with Gasteiger partial charge >= 0.3 is 0 Å². The summed E-state index contributed by atoms with van der Waals surface area (Å²) in [5, 5.41) is 0. The minimum atomic E-state index is 0.557. The Balaban J connectivity index is 0.000000791. The topological polar surface area (TPSA) is 25.8 Å². The monoisotopic (exact) mass is 206 g/mol. The number of hydrogen-bond acceptors (Lipinski definition) is 3. The van der Waals surface area contributed by atoms with Crippen LogP contribution in [0, 0.1) is 12.3 Å². The highest BCUT2D eigenvalue weighted by atomic mass is 32.1. The fourth-order valence-corrected chi connectivity index (χ4v) is 1.38. The fourth-order valence-electron chi connectivity index (χ4n) is 0.735. The molecule has 0 saturated carbocycles. The second kappa shape index (κ2) is 6.11. The minimum absolute atomic E-state index is 0.557. The molecule has 0 unspecified atom stereocenters.